The van der Waals surface area contributed by atoms with Gasteiger partial charge in [0.2, 0.25) is 0 Å². The number of aliphatic hydroxyl groups excluding tert-OH is 3. The first-order chi connectivity index (χ1) is 6.59. The Morgan fingerprint density at radius 3 is 2.57 bits per heavy atom. The van der Waals surface area contributed by atoms with Crippen molar-refractivity contribution in [3.05, 3.63) is 0 Å². The predicted octanol–water partition coefficient (Wildman–Crippen LogP) is -1.50. The summed E-state index contributed by atoms with van der Waals surface area (Å²) >= 11 is 0. The van der Waals surface area contributed by atoms with Gasteiger partial charge in [-0.2, -0.15) is 0 Å². The zero-order valence-electron chi connectivity index (χ0n) is 8.25. The first-order valence-corrected chi connectivity index (χ1v) is 4.77. The highest BCUT2D eigenvalue weighted by Crippen LogP contribution is 2.56. The van der Waals surface area contributed by atoms with Gasteiger partial charge < -0.3 is 24.8 Å². The van der Waals surface area contributed by atoms with Gasteiger partial charge in [0.25, 0.3) is 0 Å². The van der Waals surface area contributed by atoms with Crippen LogP contribution in [0.4, 0.5) is 0 Å². The lowest BCUT2D eigenvalue weighted by atomic mass is 9.99. The molecule has 0 aromatic rings. The summed E-state index contributed by atoms with van der Waals surface area (Å²) in [4.78, 5) is 0. The van der Waals surface area contributed by atoms with Crippen LogP contribution in [0.15, 0.2) is 0 Å². The molecule has 1 aliphatic heterocycles. The van der Waals surface area contributed by atoms with Gasteiger partial charge in [-0.1, -0.05) is 0 Å². The zero-order chi connectivity index (χ0) is 10.5. The summed E-state index contributed by atoms with van der Waals surface area (Å²) in [6, 6.07) is 0. The highest BCUT2D eigenvalue weighted by Gasteiger charge is 2.75. The third kappa shape index (κ3) is 1.02. The number of ether oxygens (including phenoxy) is 2. The Morgan fingerprint density at radius 1 is 1.43 bits per heavy atom. The second-order valence-electron chi connectivity index (χ2n) is 4.03. The van der Waals surface area contributed by atoms with Gasteiger partial charge >= 0.3 is 0 Å². The fraction of sp³-hybridized carbons (Fsp3) is 1.00. The molecule has 6 atom stereocenters. The molecule has 0 bridgehead atoms. The first-order valence-electron chi connectivity index (χ1n) is 4.77. The molecule has 2 fully saturated rings. The topological polar surface area (TPSA) is 79.2 Å². The quantitative estimate of drug-likeness (QED) is 0.510. The van der Waals surface area contributed by atoms with Crippen LogP contribution < -0.4 is 0 Å². The summed E-state index contributed by atoms with van der Waals surface area (Å²) < 4.78 is 10.6. The maximum absolute atomic E-state index is 9.72. The SMILES string of the molecule is CO[C@]12C(CO)O[C@@H](C)C(O)[C@H]1C2O. The van der Waals surface area contributed by atoms with E-state index in [2.05, 4.69) is 0 Å². The van der Waals surface area contributed by atoms with Crippen LogP contribution in [0.2, 0.25) is 0 Å². The molecule has 1 saturated carbocycles. The van der Waals surface area contributed by atoms with E-state index in [0.29, 0.717) is 0 Å². The third-order valence-electron chi connectivity index (χ3n) is 3.46. The molecule has 3 N–H and O–H groups in total. The summed E-state index contributed by atoms with van der Waals surface area (Å²) in [5.41, 5.74) is -0.902. The molecule has 82 valence electrons. The number of hydrogen-bond donors (Lipinski definition) is 3. The van der Waals surface area contributed by atoms with E-state index < -0.39 is 23.9 Å². The lowest BCUT2D eigenvalue weighted by molar-refractivity contribution is -0.190. The minimum atomic E-state index is -0.902. The lowest BCUT2D eigenvalue weighted by Crippen LogP contribution is -2.50. The Balaban J connectivity index is 2.23. The second-order valence-corrected chi connectivity index (χ2v) is 4.03. The van der Waals surface area contributed by atoms with Crippen molar-refractivity contribution in [1.82, 2.24) is 0 Å². The maximum atomic E-state index is 9.72. The van der Waals surface area contributed by atoms with Crippen LogP contribution in [-0.2, 0) is 9.47 Å². The Labute approximate surface area is 82.3 Å². The van der Waals surface area contributed by atoms with Gasteiger partial charge in [-0.25, -0.2) is 0 Å². The van der Waals surface area contributed by atoms with Crippen molar-refractivity contribution in [3.63, 3.8) is 0 Å². The van der Waals surface area contributed by atoms with Crippen molar-refractivity contribution in [3.8, 4) is 0 Å². The van der Waals surface area contributed by atoms with Gasteiger partial charge in [0.1, 0.15) is 11.7 Å². The maximum Gasteiger partial charge on any atom is 0.130 e. The van der Waals surface area contributed by atoms with E-state index in [1.165, 1.54) is 7.11 Å². The molecule has 5 nitrogen and oxygen atoms in total. The summed E-state index contributed by atoms with van der Waals surface area (Å²) in [5.74, 6) is -0.339. The minimum Gasteiger partial charge on any atom is -0.394 e. The van der Waals surface area contributed by atoms with Crippen LogP contribution in [0, 0.1) is 5.92 Å². The number of rotatable bonds is 2. The van der Waals surface area contributed by atoms with Crippen molar-refractivity contribution in [2.24, 2.45) is 5.92 Å². The molecule has 0 aromatic heterocycles. The van der Waals surface area contributed by atoms with E-state index >= 15 is 0 Å². The van der Waals surface area contributed by atoms with Crippen LogP contribution in [0.25, 0.3) is 0 Å². The second kappa shape index (κ2) is 3.15. The molecule has 0 aromatic carbocycles. The molecular formula is C9H16O5. The number of methoxy groups -OCH3 is 1. The van der Waals surface area contributed by atoms with E-state index in [9.17, 15) is 10.2 Å². The molecule has 3 unspecified atom stereocenters. The van der Waals surface area contributed by atoms with Gasteiger partial charge in [0.05, 0.1) is 30.8 Å². The molecule has 0 radical (unpaired) electrons. The van der Waals surface area contributed by atoms with Crippen molar-refractivity contribution >= 4 is 0 Å². The third-order valence-corrected chi connectivity index (χ3v) is 3.46. The Hall–Kier alpha value is -0.200. The van der Waals surface area contributed by atoms with Crippen molar-refractivity contribution < 1.29 is 24.8 Å². The molecule has 2 aliphatic rings. The minimum absolute atomic E-state index is 0.210. The van der Waals surface area contributed by atoms with Gasteiger partial charge in [-0.3, -0.25) is 0 Å². The molecule has 1 saturated heterocycles. The van der Waals surface area contributed by atoms with Crippen molar-refractivity contribution in [2.45, 2.75) is 36.9 Å². The fourth-order valence-corrected chi connectivity index (χ4v) is 2.56. The Morgan fingerprint density at radius 2 is 2.07 bits per heavy atom. The van der Waals surface area contributed by atoms with Crippen molar-refractivity contribution in [1.29, 1.82) is 0 Å². The molecule has 0 spiro atoms. The summed E-state index contributed by atoms with van der Waals surface area (Å²) in [6.07, 6.45) is -2.40. The average molecular weight is 204 g/mol. The van der Waals surface area contributed by atoms with Gasteiger partial charge in [0.15, 0.2) is 0 Å². The molecule has 1 aliphatic carbocycles. The summed E-state index contributed by atoms with van der Waals surface area (Å²) in [7, 11) is 1.46. The number of hydrogen-bond acceptors (Lipinski definition) is 5. The van der Waals surface area contributed by atoms with Gasteiger partial charge in [0, 0.05) is 7.11 Å². The van der Waals surface area contributed by atoms with E-state index in [-0.39, 0.29) is 18.6 Å². The molecule has 14 heavy (non-hydrogen) atoms. The smallest absolute Gasteiger partial charge is 0.130 e. The number of fused-ring (bicyclic) bond motifs is 1. The predicted molar refractivity (Wildman–Crippen MR) is 46.7 cm³/mol. The fourth-order valence-electron chi connectivity index (χ4n) is 2.56. The standard InChI is InChI=1S/C9H16O5/c1-4-7(11)6-8(12)9(6,13-2)5(3-10)14-4/h4-8,10-12H,3H2,1-2H3/t4-,5?,6-,7?,8?,9+/m0/s1. The van der Waals surface area contributed by atoms with Crippen LogP contribution in [0.3, 0.4) is 0 Å². The number of aliphatic hydroxyl groups is 3. The van der Waals surface area contributed by atoms with E-state index in [0.717, 1.165) is 0 Å². The van der Waals surface area contributed by atoms with E-state index in [1.54, 1.807) is 6.92 Å². The lowest BCUT2D eigenvalue weighted by Gasteiger charge is -2.35. The van der Waals surface area contributed by atoms with Crippen LogP contribution >= 0.6 is 0 Å². The first kappa shape index (κ1) is 10.3. The van der Waals surface area contributed by atoms with E-state index in [1.807, 2.05) is 0 Å². The van der Waals surface area contributed by atoms with Crippen molar-refractivity contribution in [2.75, 3.05) is 13.7 Å². The average Bonchev–Trinajstić information content (AvgIpc) is 2.79. The molecular weight excluding hydrogens is 188 g/mol. The van der Waals surface area contributed by atoms with Gasteiger partial charge in [-0.05, 0) is 6.92 Å². The largest absolute Gasteiger partial charge is 0.394 e. The summed E-state index contributed by atoms with van der Waals surface area (Å²) in [6.45, 7) is 1.51. The van der Waals surface area contributed by atoms with Crippen LogP contribution in [0.1, 0.15) is 6.92 Å². The normalized spacial score (nSPS) is 56.8. The monoisotopic (exact) mass is 204 g/mol. The Bertz CT molecular complexity index is 229. The van der Waals surface area contributed by atoms with Crippen LogP contribution in [0.5, 0.6) is 0 Å². The highest BCUT2D eigenvalue weighted by atomic mass is 16.6. The summed E-state index contributed by atoms with van der Waals surface area (Å²) in [5, 5.41) is 28.5. The van der Waals surface area contributed by atoms with E-state index in [4.69, 9.17) is 14.6 Å². The molecule has 1 heterocycles. The molecule has 0 amide bonds. The molecule has 5 heteroatoms. The zero-order valence-corrected chi connectivity index (χ0v) is 8.25. The highest BCUT2D eigenvalue weighted by molar-refractivity contribution is 5.24. The van der Waals surface area contributed by atoms with Crippen LogP contribution in [-0.4, -0.2) is 59.1 Å². The Kier molecular flexibility index (Phi) is 2.32. The van der Waals surface area contributed by atoms with Gasteiger partial charge in [-0.15, -0.1) is 0 Å². The molecule has 2 rings (SSSR count).